The molecule has 3 N–H and O–H groups in total. The van der Waals surface area contributed by atoms with Gasteiger partial charge in [-0.1, -0.05) is 102 Å². The van der Waals surface area contributed by atoms with Gasteiger partial charge in [-0.05, 0) is 105 Å². The number of hydrogen-bond acceptors (Lipinski definition) is 13. The van der Waals surface area contributed by atoms with Crippen molar-refractivity contribution in [1.82, 2.24) is 65.0 Å². The topological polar surface area (TPSA) is 283 Å². The molecule has 2 aliphatic rings. The smallest absolute Gasteiger partial charge is 0.347 e. The van der Waals surface area contributed by atoms with Crippen molar-refractivity contribution in [2.24, 2.45) is 17.8 Å². The van der Waals surface area contributed by atoms with Gasteiger partial charge < -0.3 is 60.0 Å². The molecule has 2 saturated heterocycles. The number of aromatic nitrogens is 1. The van der Waals surface area contributed by atoms with Gasteiger partial charge in [0, 0.05) is 95.2 Å². The number of pyridine rings is 1. The van der Waals surface area contributed by atoms with Gasteiger partial charge in [0.15, 0.2) is 0 Å². The fourth-order valence-electron chi connectivity index (χ4n) is 12.5. The molecule has 556 valence electrons. The molecule has 0 spiro atoms. The van der Waals surface area contributed by atoms with E-state index in [4.69, 9.17) is 11.6 Å². The van der Waals surface area contributed by atoms with Crippen molar-refractivity contribution < 1.29 is 70.7 Å². The fourth-order valence-corrected chi connectivity index (χ4v) is 12.8. The van der Waals surface area contributed by atoms with E-state index in [1.165, 1.54) is 120 Å². The van der Waals surface area contributed by atoms with E-state index in [0.29, 0.717) is 24.0 Å². The van der Waals surface area contributed by atoms with Crippen molar-refractivity contribution in [2.75, 3.05) is 76.5 Å². The Morgan fingerprint density at radius 1 is 0.634 bits per heavy atom. The van der Waals surface area contributed by atoms with E-state index in [9.17, 15) is 61.1 Å². The van der Waals surface area contributed by atoms with Crippen LogP contribution < -0.4 is 16.0 Å². The highest BCUT2D eigenvalue weighted by Gasteiger charge is 2.47. The van der Waals surface area contributed by atoms with Crippen LogP contribution in [0, 0.1) is 24.7 Å². The lowest BCUT2D eigenvalue weighted by Crippen LogP contribution is -2.65. The van der Waals surface area contributed by atoms with Gasteiger partial charge in [-0.3, -0.25) is 62.5 Å². The highest BCUT2D eigenvalue weighted by atomic mass is 35.5. The van der Waals surface area contributed by atoms with Crippen molar-refractivity contribution in [3.05, 3.63) is 99.8 Å². The lowest BCUT2D eigenvalue weighted by Gasteiger charge is -2.45. The molecular weight excluding hydrogens is 1330 g/mol. The molecule has 0 aliphatic carbocycles. The third-order valence-corrected chi connectivity index (χ3v) is 20.1. The Bertz CT molecular complexity index is 3470. The molecule has 29 heteroatoms. The molecule has 0 radical (unpaired) electrons. The number of rotatable bonds is 14. The average Bonchev–Trinajstić information content (AvgIpc) is 0.783. The van der Waals surface area contributed by atoms with E-state index >= 15 is 9.59 Å². The predicted molar refractivity (Wildman–Crippen MR) is 374 cm³/mol. The number of hydrogen-bond donors (Lipinski definition) is 3. The highest BCUT2D eigenvalue weighted by Crippen LogP contribution is 2.35. The fraction of sp³-hybridized carbons (Fsp3) is 0.597. The van der Waals surface area contributed by atoms with E-state index in [1.807, 2.05) is 39.8 Å². The number of nitrogens with zero attached hydrogens (tertiary/aromatic N) is 10. The first kappa shape index (κ1) is 83.0. The summed E-state index contributed by atoms with van der Waals surface area (Å²) in [5.74, 6) is -10.3. The average molecular weight is 1440 g/mol. The minimum absolute atomic E-state index is 0.0695. The molecule has 5 rings (SSSR count). The van der Waals surface area contributed by atoms with E-state index in [2.05, 4.69) is 20.9 Å². The Balaban J connectivity index is 1.67. The number of benzene rings is 2. The molecule has 12 amide bonds. The minimum Gasteiger partial charge on any atom is -0.347 e. The number of halogens is 4. The molecule has 1 unspecified atom stereocenters. The van der Waals surface area contributed by atoms with Crippen LogP contribution in [0.2, 0.25) is 5.02 Å². The van der Waals surface area contributed by atoms with E-state index in [-0.39, 0.29) is 56.6 Å². The van der Waals surface area contributed by atoms with Crippen LogP contribution in [0.1, 0.15) is 122 Å². The lowest BCUT2D eigenvalue weighted by molar-refractivity contribution is -0.160. The van der Waals surface area contributed by atoms with Gasteiger partial charge in [-0.15, -0.1) is 0 Å². The van der Waals surface area contributed by atoms with Crippen molar-refractivity contribution in [1.29, 1.82) is 0 Å². The van der Waals surface area contributed by atoms with Crippen LogP contribution in [0.15, 0.2) is 67.0 Å². The zero-order chi connectivity index (χ0) is 76.0. The van der Waals surface area contributed by atoms with Gasteiger partial charge in [-0.25, -0.2) is 0 Å². The molecule has 2 aromatic carbocycles. The Morgan fingerprint density at radius 3 is 1.74 bits per heavy atom. The summed E-state index contributed by atoms with van der Waals surface area (Å²) < 4.78 is 41.7. The molecule has 0 bridgehead atoms. The summed E-state index contributed by atoms with van der Waals surface area (Å²) in [6.07, 6.45) is -2.30. The molecule has 2 fully saturated rings. The predicted octanol–water partition coefficient (Wildman–Crippen LogP) is 4.63. The van der Waals surface area contributed by atoms with Gasteiger partial charge in [0.25, 0.3) is 0 Å². The monoisotopic (exact) mass is 1430 g/mol. The Kier molecular flexibility index (Phi) is 29.8. The SMILES string of the molecule is CC[C@H](C)[C@@H]1NC(=O)[C@H](CC(C)C)N(C)C(=O)C[C@@H](C(=O)N(C)C)N(C)C(=O)[C@H]([C@@H](C)CC)N(C)C(=O)[C@H](C)NC(=O)[C@H](Cc2ccncc2)N(C)C(=O)C(CCc2ccc(C(F)(F)F)c(Cl)c2)NC(=O)CN(C)C(=O)[C@H](Cc2ccc(C)cc2)N(C)C(=O)[C@@H]2CCN2C(=O)[C@H](C)N(C)C1=O. The van der Waals surface area contributed by atoms with Crippen molar-refractivity contribution >= 4 is 82.5 Å². The van der Waals surface area contributed by atoms with Gasteiger partial charge in [-0.2, -0.15) is 13.2 Å². The Hall–Kier alpha value is -8.69. The van der Waals surface area contributed by atoms with Crippen molar-refractivity contribution in [2.45, 2.75) is 187 Å². The summed E-state index contributed by atoms with van der Waals surface area (Å²) in [6, 6.07) is 0.0211. The largest absolute Gasteiger partial charge is 0.417 e. The second-order valence-electron chi connectivity index (χ2n) is 27.7. The number of carbonyl (C=O) groups is 12. The van der Waals surface area contributed by atoms with Gasteiger partial charge >= 0.3 is 6.18 Å². The molecule has 2 aliphatic heterocycles. The molecule has 101 heavy (non-hydrogen) atoms. The lowest BCUT2D eigenvalue weighted by atomic mass is 9.94. The first-order valence-electron chi connectivity index (χ1n) is 34.2. The van der Waals surface area contributed by atoms with Crippen LogP contribution in [0.3, 0.4) is 0 Å². The number of carbonyl (C=O) groups excluding carboxylic acids is 12. The minimum atomic E-state index is -4.80. The maximum absolute atomic E-state index is 15.3. The molecular formula is C72H103ClF3N13O12. The third kappa shape index (κ3) is 21.0. The quantitative estimate of drug-likeness (QED) is 0.199. The number of fused-ring (bicyclic) bond motifs is 1. The molecule has 0 saturated carbocycles. The van der Waals surface area contributed by atoms with Crippen LogP contribution >= 0.6 is 11.6 Å². The zero-order valence-electron chi connectivity index (χ0n) is 61.5. The van der Waals surface area contributed by atoms with Crippen LogP contribution in [0.4, 0.5) is 13.2 Å². The number of likely N-dealkylation sites (N-methyl/N-ethyl adjacent to an activating group) is 8. The summed E-state index contributed by atoms with van der Waals surface area (Å²) in [5, 5.41) is 7.67. The molecule has 3 heterocycles. The second-order valence-corrected chi connectivity index (χ2v) is 28.1. The van der Waals surface area contributed by atoms with Crippen LogP contribution in [-0.2, 0) is 83.0 Å². The summed E-state index contributed by atoms with van der Waals surface area (Å²) in [7, 11) is 12.3. The van der Waals surface area contributed by atoms with Crippen molar-refractivity contribution in [3.63, 3.8) is 0 Å². The maximum atomic E-state index is 15.3. The number of nitrogens with one attached hydrogen (secondary N) is 3. The van der Waals surface area contributed by atoms with Crippen LogP contribution in [-0.4, -0.2) is 257 Å². The van der Waals surface area contributed by atoms with E-state index in [1.54, 1.807) is 45.0 Å². The normalized spacial score (nSPS) is 24.8. The van der Waals surface area contributed by atoms with Gasteiger partial charge in [0.2, 0.25) is 70.9 Å². The van der Waals surface area contributed by atoms with Crippen LogP contribution in [0.5, 0.6) is 0 Å². The first-order valence-corrected chi connectivity index (χ1v) is 34.6. The molecule has 25 nitrogen and oxygen atoms in total. The molecule has 3 aromatic rings. The Labute approximate surface area is 596 Å². The first-order chi connectivity index (χ1) is 47.2. The summed E-state index contributed by atoms with van der Waals surface area (Å²) >= 11 is 6.15. The molecule has 1 aromatic heterocycles. The highest BCUT2D eigenvalue weighted by molar-refractivity contribution is 6.31. The van der Waals surface area contributed by atoms with Crippen LogP contribution in [0.25, 0.3) is 0 Å². The second kappa shape index (κ2) is 36.3. The number of alkyl halides is 3. The summed E-state index contributed by atoms with van der Waals surface area (Å²) in [4.78, 5) is 192. The number of amides is 12. The summed E-state index contributed by atoms with van der Waals surface area (Å²) in [5.41, 5.74) is 1.16. The summed E-state index contributed by atoms with van der Waals surface area (Å²) in [6.45, 7) is 14.8. The Morgan fingerprint density at radius 2 is 1.20 bits per heavy atom. The third-order valence-electron chi connectivity index (χ3n) is 19.7. The number of aryl methyl sites for hydroxylation is 2. The van der Waals surface area contributed by atoms with E-state index in [0.717, 1.165) is 37.3 Å². The zero-order valence-corrected chi connectivity index (χ0v) is 62.3. The van der Waals surface area contributed by atoms with Gasteiger partial charge in [0.05, 0.1) is 23.6 Å². The molecule has 12 atom stereocenters. The van der Waals surface area contributed by atoms with E-state index < -0.39 is 173 Å². The van der Waals surface area contributed by atoms with Crippen molar-refractivity contribution in [3.8, 4) is 0 Å². The van der Waals surface area contributed by atoms with Gasteiger partial charge in [0.1, 0.15) is 60.4 Å². The maximum Gasteiger partial charge on any atom is 0.417 e. The standard InChI is InChI=1S/C72H103ClF3N13O12/c1-19-43(6)60-70(100)83(13)46(9)65(95)89-34-31-53(89)69(99)86(16)56(38-48-23-21-42(5)22-24-48)68(98)82(12)40-58(90)79-52(28-26-47-25-27-50(51(73)36-47)72(74,75)76)66(96)85(15)55(37-49-29-32-77-33-30-49)62(92)78-45(8)64(94)88(18)61(44(7)20-2)71(101)87(17)57(67(97)81(10)11)39-59(91)84(14)54(35-41(3)4)63(93)80-60/h21-25,27,29-30,32-33,36,41,43-46,52-57,60-61H,19-20,26,28,31,34-35,37-40H2,1-18H3,(H,78,92)(H,79,90)(H,80,93)/t43-,44-,45-,46-,52?,53-,54-,55-,56-,57-,60-,61-/m0/s1.